The molecular weight excluding hydrogens is 160 g/mol. The van der Waals surface area contributed by atoms with Crippen LogP contribution in [0.1, 0.15) is 11.1 Å². The Morgan fingerprint density at radius 1 is 1.31 bits per heavy atom. The Morgan fingerprint density at radius 3 is 2.77 bits per heavy atom. The van der Waals surface area contributed by atoms with Gasteiger partial charge >= 0.3 is 0 Å². The number of hydrogen-bond donors (Lipinski definition) is 1. The molecule has 1 rings (SSSR count). The summed E-state index contributed by atoms with van der Waals surface area (Å²) < 4.78 is 0. The largest absolute Gasteiger partial charge is 0.320 e. The second-order valence-corrected chi connectivity index (χ2v) is 2.50. The molecule has 0 bridgehead atoms. The summed E-state index contributed by atoms with van der Waals surface area (Å²) in [4.78, 5) is 0. The second kappa shape index (κ2) is 4.98. The van der Waals surface area contributed by atoms with Crippen LogP contribution in [0, 0.1) is 23.2 Å². The molecule has 2 nitrogen and oxygen atoms in total. The minimum Gasteiger partial charge on any atom is -0.320 e. The third-order valence-corrected chi connectivity index (χ3v) is 1.61. The van der Waals surface area contributed by atoms with E-state index in [1.807, 2.05) is 24.3 Å². The Labute approximate surface area is 78.0 Å². The molecule has 0 aliphatic heterocycles. The summed E-state index contributed by atoms with van der Waals surface area (Å²) in [5.74, 6) is 5.70. The van der Waals surface area contributed by atoms with Gasteiger partial charge in [0.05, 0.1) is 19.0 Å². The molecule has 1 aromatic rings. The van der Waals surface area contributed by atoms with Gasteiger partial charge in [-0.15, -0.1) is 0 Å². The molecule has 0 aromatic heterocycles. The van der Waals surface area contributed by atoms with E-state index >= 15 is 0 Å². The van der Waals surface area contributed by atoms with E-state index < -0.39 is 0 Å². The fourth-order valence-corrected chi connectivity index (χ4v) is 1.03. The molecular formula is C11H10N2. The van der Waals surface area contributed by atoms with E-state index in [4.69, 9.17) is 11.0 Å². The molecule has 0 heterocycles. The topological polar surface area (TPSA) is 49.8 Å². The smallest absolute Gasteiger partial charge is 0.0670 e. The number of hydrogen-bond acceptors (Lipinski definition) is 2. The van der Waals surface area contributed by atoms with Gasteiger partial charge in [-0.2, -0.15) is 5.26 Å². The highest BCUT2D eigenvalue weighted by Gasteiger charge is 1.96. The van der Waals surface area contributed by atoms with Crippen molar-refractivity contribution in [1.29, 1.82) is 5.26 Å². The van der Waals surface area contributed by atoms with Crippen LogP contribution in [-0.4, -0.2) is 6.54 Å². The highest BCUT2D eigenvalue weighted by Crippen LogP contribution is 2.07. The van der Waals surface area contributed by atoms with Gasteiger partial charge in [-0.1, -0.05) is 30.0 Å². The lowest BCUT2D eigenvalue weighted by Crippen LogP contribution is -1.94. The predicted molar refractivity (Wildman–Crippen MR) is 51.7 cm³/mol. The monoisotopic (exact) mass is 170 g/mol. The van der Waals surface area contributed by atoms with Crippen molar-refractivity contribution in [3.63, 3.8) is 0 Å². The Bertz CT molecular complexity index is 377. The molecule has 2 heteroatoms. The van der Waals surface area contributed by atoms with Crippen molar-refractivity contribution in [2.75, 3.05) is 6.54 Å². The molecule has 0 saturated heterocycles. The number of nitrogens with two attached hydrogens (primary N) is 1. The van der Waals surface area contributed by atoms with Gasteiger partial charge in [-0.05, 0) is 11.6 Å². The summed E-state index contributed by atoms with van der Waals surface area (Å²) in [6.07, 6.45) is 0.398. The van der Waals surface area contributed by atoms with Gasteiger partial charge < -0.3 is 5.73 Å². The number of rotatable bonds is 1. The molecule has 0 saturated carbocycles. The maximum absolute atomic E-state index is 8.55. The summed E-state index contributed by atoms with van der Waals surface area (Å²) in [7, 11) is 0. The fraction of sp³-hybridized carbons (Fsp3) is 0.182. The van der Waals surface area contributed by atoms with Crippen LogP contribution in [0.25, 0.3) is 0 Å². The Hall–Kier alpha value is -1.77. The third-order valence-electron chi connectivity index (χ3n) is 1.61. The number of nitriles is 1. The molecule has 13 heavy (non-hydrogen) atoms. The molecule has 0 spiro atoms. The zero-order chi connectivity index (χ0) is 9.52. The summed E-state index contributed by atoms with van der Waals surface area (Å²) in [6, 6.07) is 9.71. The van der Waals surface area contributed by atoms with Crippen molar-refractivity contribution < 1.29 is 0 Å². The van der Waals surface area contributed by atoms with E-state index in [0.717, 1.165) is 11.1 Å². The molecule has 0 radical (unpaired) electrons. The summed E-state index contributed by atoms with van der Waals surface area (Å²) in [5, 5.41) is 8.55. The first-order valence-corrected chi connectivity index (χ1v) is 4.02. The van der Waals surface area contributed by atoms with Crippen LogP contribution in [-0.2, 0) is 6.42 Å². The molecule has 0 amide bonds. The van der Waals surface area contributed by atoms with Crippen LogP contribution < -0.4 is 5.73 Å². The molecule has 0 unspecified atom stereocenters. The van der Waals surface area contributed by atoms with Gasteiger partial charge in [-0.25, -0.2) is 0 Å². The van der Waals surface area contributed by atoms with Crippen LogP contribution in [0.5, 0.6) is 0 Å². The van der Waals surface area contributed by atoms with Gasteiger partial charge in [0.1, 0.15) is 0 Å². The van der Waals surface area contributed by atoms with Crippen molar-refractivity contribution in [3.05, 3.63) is 35.4 Å². The van der Waals surface area contributed by atoms with Crippen molar-refractivity contribution >= 4 is 0 Å². The average Bonchev–Trinajstić information content (AvgIpc) is 2.17. The molecule has 0 aliphatic carbocycles. The molecule has 64 valence electrons. The van der Waals surface area contributed by atoms with E-state index in [2.05, 4.69) is 17.9 Å². The zero-order valence-corrected chi connectivity index (χ0v) is 7.25. The second-order valence-electron chi connectivity index (χ2n) is 2.50. The first-order chi connectivity index (χ1) is 6.38. The van der Waals surface area contributed by atoms with E-state index in [0.29, 0.717) is 13.0 Å². The lowest BCUT2D eigenvalue weighted by molar-refractivity contribution is 1.25. The Balaban J connectivity index is 2.99. The summed E-state index contributed by atoms with van der Waals surface area (Å²) in [5.41, 5.74) is 7.12. The van der Waals surface area contributed by atoms with Crippen LogP contribution in [0.2, 0.25) is 0 Å². The lowest BCUT2D eigenvalue weighted by atomic mass is 10.1. The molecule has 0 fully saturated rings. The van der Waals surface area contributed by atoms with Crippen LogP contribution in [0.3, 0.4) is 0 Å². The van der Waals surface area contributed by atoms with Crippen LogP contribution in [0.15, 0.2) is 24.3 Å². The standard InChI is InChI=1S/C11H10N2/c12-8-3-6-10-4-1-2-5-11(10)7-9-13/h1-2,4-5H,7-8,12H2. The van der Waals surface area contributed by atoms with Crippen LogP contribution in [0.4, 0.5) is 0 Å². The Kier molecular flexibility index (Phi) is 3.57. The van der Waals surface area contributed by atoms with E-state index in [9.17, 15) is 0 Å². The first kappa shape index (κ1) is 9.32. The minimum atomic E-state index is 0.348. The normalized spacial score (nSPS) is 8.31. The average molecular weight is 170 g/mol. The van der Waals surface area contributed by atoms with E-state index in [1.54, 1.807) is 0 Å². The van der Waals surface area contributed by atoms with Gasteiger partial charge in [0.25, 0.3) is 0 Å². The molecule has 1 aromatic carbocycles. The number of benzene rings is 1. The summed E-state index contributed by atoms with van der Waals surface area (Å²) >= 11 is 0. The predicted octanol–water partition coefficient (Wildman–Crippen LogP) is 1.06. The van der Waals surface area contributed by atoms with Gasteiger partial charge in [0.15, 0.2) is 0 Å². The SMILES string of the molecule is N#CCc1ccccc1C#CCN. The van der Waals surface area contributed by atoms with E-state index in [1.165, 1.54) is 0 Å². The summed E-state index contributed by atoms with van der Waals surface area (Å²) in [6.45, 7) is 0.348. The highest BCUT2D eigenvalue weighted by atomic mass is 14.5. The zero-order valence-electron chi connectivity index (χ0n) is 7.25. The lowest BCUT2D eigenvalue weighted by Gasteiger charge is -1.97. The maximum atomic E-state index is 8.55. The first-order valence-electron chi connectivity index (χ1n) is 4.02. The van der Waals surface area contributed by atoms with Crippen molar-refractivity contribution in [1.82, 2.24) is 0 Å². The highest BCUT2D eigenvalue weighted by molar-refractivity contribution is 5.42. The van der Waals surface area contributed by atoms with Crippen molar-refractivity contribution in [2.45, 2.75) is 6.42 Å². The minimum absolute atomic E-state index is 0.348. The Morgan fingerprint density at radius 2 is 2.08 bits per heavy atom. The van der Waals surface area contributed by atoms with Crippen molar-refractivity contribution in [3.8, 4) is 17.9 Å². The quantitative estimate of drug-likeness (QED) is 0.641. The van der Waals surface area contributed by atoms with Gasteiger partial charge in [0.2, 0.25) is 0 Å². The molecule has 0 atom stereocenters. The van der Waals surface area contributed by atoms with Gasteiger partial charge in [0, 0.05) is 5.56 Å². The fourth-order valence-electron chi connectivity index (χ4n) is 1.03. The maximum Gasteiger partial charge on any atom is 0.0670 e. The molecule has 2 N–H and O–H groups in total. The molecule has 0 aliphatic rings. The van der Waals surface area contributed by atoms with Crippen molar-refractivity contribution in [2.24, 2.45) is 5.73 Å². The van der Waals surface area contributed by atoms with Crippen LogP contribution >= 0.6 is 0 Å². The van der Waals surface area contributed by atoms with E-state index in [-0.39, 0.29) is 0 Å². The number of nitrogens with zero attached hydrogens (tertiary/aromatic N) is 1. The van der Waals surface area contributed by atoms with Gasteiger partial charge in [-0.3, -0.25) is 0 Å². The third kappa shape index (κ3) is 2.63.